The highest BCUT2D eigenvalue weighted by Crippen LogP contribution is 2.34. The van der Waals surface area contributed by atoms with Crippen molar-refractivity contribution in [2.45, 2.75) is 47.5 Å². The van der Waals surface area contributed by atoms with E-state index in [1.54, 1.807) is 0 Å². The van der Waals surface area contributed by atoms with Crippen molar-refractivity contribution in [3.8, 4) is 0 Å². The van der Waals surface area contributed by atoms with Crippen LogP contribution in [0.4, 0.5) is 0 Å². The summed E-state index contributed by atoms with van der Waals surface area (Å²) in [7, 11) is 3.99. The fourth-order valence-electron chi connectivity index (χ4n) is 2.91. The Morgan fingerprint density at radius 3 is 2.10 bits per heavy atom. The van der Waals surface area contributed by atoms with E-state index in [9.17, 15) is 4.79 Å². The Hall–Kier alpha value is -0.830. The molecule has 0 aromatic heterocycles. The molecule has 0 aliphatic rings. The zero-order valence-corrected chi connectivity index (χ0v) is 14.6. The van der Waals surface area contributed by atoms with Crippen LogP contribution in [0.1, 0.15) is 47.5 Å². The van der Waals surface area contributed by atoms with Gasteiger partial charge in [0.05, 0.1) is 0 Å². The molecule has 3 nitrogen and oxygen atoms in total. The van der Waals surface area contributed by atoms with Crippen LogP contribution in [-0.4, -0.2) is 49.4 Å². The van der Waals surface area contributed by atoms with Crippen LogP contribution >= 0.6 is 0 Å². The highest BCUT2D eigenvalue weighted by Gasteiger charge is 2.34. The summed E-state index contributed by atoms with van der Waals surface area (Å²) in [6, 6.07) is 0. The molecule has 0 N–H and O–H groups in total. The van der Waals surface area contributed by atoms with Crippen molar-refractivity contribution in [2.24, 2.45) is 10.8 Å². The van der Waals surface area contributed by atoms with Gasteiger partial charge in [-0.2, -0.15) is 0 Å². The third-order valence-corrected chi connectivity index (χ3v) is 3.37. The molecule has 0 aliphatic carbocycles. The second-order valence-electron chi connectivity index (χ2n) is 7.75. The van der Waals surface area contributed by atoms with Gasteiger partial charge in [0.1, 0.15) is 0 Å². The fourth-order valence-corrected chi connectivity index (χ4v) is 2.91. The van der Waals surface area contributed by atoms with Gasteiger partial charge in [0.25, 0.3) is 0 Å². The molecule has 118 valence electrons. The number of hydrogen-bond acceptors (Lipinski definition) is 2. The zero-order chi connectivity index (χ0) is 16.0. The normalized spacial score (nSPS) is 12.6. The molecule has 0 radical (unpaired) electrons. The lowest BCUT2D eigenvalue weighted by atomic mass is 9.75. The average molecular weight is 282 g/mol. The smallest absolute Gasteiger partial charge is 0.227 e. The fraction of sp³-hybridized carbons (Fsp3) is 0.824. The Balaban J connectivity index is 4.30. The highest BCUT2D eigenvalue weighted by molar-refractivity contribution is 5.81. The van der Waals surface area contributed by atoms with Crippen molar-refractivity contribution >= 4 is 5.91 Å². The molecule has 3 heteroatoms. The summed E-state index contributed by atoms with van der Waals surface area (Å²) in [6.45, 7) is 17.1. The van der Waals surface area contributed by atoms with Gasteiger partial charge in [0.2, 0.25) is 5.91 Å². The number of likely N-dealkylation sites (N-methyl/N-ethyl adjacent to an activating group) is 1. The minimum atomic E-state index is -0.292. The minimum Gasteiger partial charge on any atom is -0.345 e. The molecule has 0 aromatic rings. The van der Waals surface area contributed by atoms with Crippen molar-refractivity contribution in [1.82, 2.24) is 9.80 Å². The van der Waals surface area contributed by atoms with Crippen LogP contribution < -0.4 is 0 Å². The van der Waals surface area contributed by atoms with Crippen LogP contribution in [0, 0.1) is 10.8 Å². The molecule has 20 heavy (non-hydrogen) atoms. The first kappa shape index (κ1) is 19.2. The van der Waals surface area contributed by atoms with Gasteiger partial charge in [-0.25, -0.2) is 0 Å². The summed E-state index contributed by atoms with van der Waals surface area (Å²) in [5.41, 5.74) is -0.121. The summed E-state index contributed by atoms with van der Waals surface area (Å²) in [4.78, 5) is 16.6. The minimum absolute atomic E-state index is 0.171. The van der Waals surface area contributed by atoms with Gasteiger partial charge in [0, 0.05) is 25.6 Å². The van der Waals surface area contributed by atoms with Gasteiger partial charge in [0.15, 0.2) is 0 Å². The maximum absolute atomic E-state index is 12.5. The molecule has 0 saturated carbocycles. The lowest BCUT2D eigenvalue weighted by Gasteiger charge is -2.34. The van der Waals surface area contributed by atoms with E-state index in [4.69, 9.17) is 0 Å². The van der Waals surface area contributed by atoms with Crippen molar-refractivity contribution in [1.29, 1.82) is 0 Å². The second-order valence-corrected chi connectivity index (χ2v) is 7.75. The molecule has 0 aromatic carbocycles. The Morgan fingerprint density at radius 2 is 1.65 bits per heavy atom. The Bertz CT molecular complexity index is 315. The van der Waals surface area contributed by atoms with E-state index in [-0.39, 0.29) is 16.7 Å². The maximum Gasteiger partial charge on any atom is 0.227 e. The number of carbonyl (C=O) groups is 1. The first-order valence-corrected chi connectivity index (χ1v) is 7.54. The lowest BCUT2D eigenvalue weighted by molar-refractivity contribution is -0.140. The molecule has 0 fully saturated rings. The van der Waals surface area contributed by atoms with Gasteiger partial charge >= 0.3 is 0 Å². The number of nitrogens with zero attached hydrogens (tertiary/aromatic N) is 2. The summed E-state index contributed by atoms with van der Waals surface area (Å²) in [5.74, 6) is 0.249. The molecule has 0 unspecified atom stereocenters. The summed E-state index contributed by atoms with van der Waals surface area (Å²) >= 11 is 0. The van der Waals surface area contributed by atoms with Gasteiger partial charge in [-0.1, -0.05) is 40.7 Å². The molecular weight excluding hydrogens is 248 g/mol. The third-order valence-electron chi connectivity index (χ3n) is 3.37. The number of amides is 1. The van der Waals surface area contributed by atoms with E-state index >= 15 is 0 Å². The summed E-state index contributed by atoms with van der Waals surface area (Å²) in [6.07, 6.45) is 3.80. The van der Waals surface area contributed by atoms with Gasteiger partial charge in [-0.15, -0.1) is 6.58 Å². The average Bonchev–Trinajstić information content (AvgIpc) is 2.24. The molecular formula is C17H34N2O. The predicted octanol–water partition coefficient (Wildman–Crippen LogP) is 3.42. The van der Waals surface area contributed by atoms with E-state index in [1.165, 1.54) is 0 Å². The predicted molar refractivity (Wildman–Crippen MR) is 87.8 cm³/mol. The second kappa shape index (κ2) is 7.82. The molecule has 0 bridgehead atoms. The first-order valence-electron chi connectivity index (χ1n) is 7.54. The monoisotopic (exact) mass is 282 g/mol. The lowest BCUT2D eigenvalue weighted by Crippen LogP contribution is -2.41. The van der Waals surface area contributed by atoms with Crippen LogP contribution in [0.3, 0.4) is 0 Å². The Labute approximate surface area is 126 Å². The first-order chi connectivity index (χ1) is 8.99. The zero-order valence-electron chi connectivity index (χ0n) is 14.6. The molecule has 0 aliphatic heterocycles. The largest absolute Gasteiger partial charge is 0.345 e. The van der Waals surface area contributed by atoms with Crippen LogP contribution in [-0.2, 0) is 4.79 Å². The van der Waals surface area contributed by atoms with Gasteiger partial charge < -0.3 is 9.80 Å². The molecule has 0 saturated heterocycles. The molecule has 0 spiro atoms. The summed E-state index contributed by atoms with van der Waals surface area (Å²) in [5, 5.41) is 0. The quantitative estimate of drug-likeness (QED) is 0.637. The molecule has 1 amide bonds. The molecule has 0 heterocycles. The topological polar surface area (TPSA) is 23.6 Å². The van der Waals surface area contributed by atoms with Crippen LogP contribution in [0.5, 0.6) is 0 Å². The standard InChI is InChI=1S/C17H34N2O/c1-9-11-18(7)12-10-13-19(8)15(20)17(5,6)14-16(2,3)4/h9H,1,10-14H2,2-8H3. The number of hydrogen-bond donors (Lipinski definition) is 0. The van der Waals surface area contributed by atoms with E-state index < -0.39 is 0 Å². The Morgan fingerprint density at radius 1 is 1.10 bits per heavy atom. The van der Waals surface area contributed by atoms with E-state index in [0.29, 0.717) is 0 Å². The van der Waals surface area contributed by atoms with E-state index in [0.717, 1.165) is 32.5 Å². The maximum atomic E-state index is 12.5. The SMILES string of the molecule is C=CCN(C)CCCN(C)C(=O)C(C)(C)CC(C)(C)C. The van der Waals surface area contributed by atoms with Crippen molar-refractivity contribution in [3.63, 3.8) is 0 Å². The summed E-state index contributed by atoms with van der Waals surface area (Å²) < 4.78 is 0. The Kier molecular flexibility index (Phi) is 7.50. The van der Waals surface area contributed by atoms with E-state index in [1.807, 2.05) is 18.0 Å². The van der Waals surface area contributed by atoms with Crippen LogP contribution in [0.25, 0.3) is 0 Å². The van der Waals surface area contributed by atoms with Crippen LogP contribution in [0.15, 0.2) is 12.7 Å². The van der Waals surface area contributed by atoms with Crippen molar-refractivity contribution < 1.29 is 4.79 Å². The van der Waals surface area contributed by atoms with Crippen molar-refractivity contribution in [3.05, 3.63) is 12.7 Å². The van der Waals surface area contributed by atoms with Gasteiger partial charge in [-0.05, 0) is 31.8 Å². The van der Waals surface area contributed by atoms with Crippen LogP contribution in [0.2, 0.25) is 0 Å². The number of rotatable bonds is 8. The van der Waals surface area contributed by atoms with Crippen molar-refractivity contribution in [2.75, 3.05) is 33.7 Å². The van der Waals surface area contributed by atoms with Gasteiger partial charge in [-0.3, -0.25) is 4.79 Å². The van der Waals surface area contributed by atoms with E-state index in [2.05, 4.69) is 53.1 Å². The molecule has 0 atom stereocenters. The molecule has 0 rings (SSSR count). The number of carbonyl (C=O) groups excluding carboxylic acids is 1. The third kappa shape index (κ3) is 7.68. The highest BCUT2D eigenvalue weighted by atomic mass is 16.2.